The first-order chi connectivity index (χ1) is 24.0. The summed E-state index contributed by atoms with van der Waals surface area (Å²) in [6.45, 7) is 11.4. The smallest absolute Gasteiger partial charge is 0.343 e. The van der Waals surface area contributed by atoms with Crippen LogP contribution in [0.1, 0.15) is 67.3 Å². The fourth-order valence-corrected chi connectivity index (χ4v) is 4.43. The molecule has 0 N–H and O–H groups in total. The summed E-state index contributed by atoms with van der Waals surface area (Å²) >= 11 is 0. The minimum atomic E-state index is -0.469. The van der Waals surface area contributed by atoms with Crippen LogP contribution in [0, 0.1) is 6.92 Å². The van der Waals surface area contributed by atoms with Crippen molar-refractivity contribution in [2.24, 2.45) is 0 Å². The molecule has 0 saturated carbocycles. The highest BCUT2D eigenvalue weighted by atomic mass is 17.2. The van der Waals surface area contributed by atoms with Crippen molar-refractivity contribution in [2.75, 3.05) is 39.8 Å². The molecule has 3 rings (SSSR count). The predicted octanol–water partition coefficient (Wildman–Crippen LogP) is 8.37. The predicted molar refractivity (Wildman–Crippen MR) is 186 cm³/mol. The van der Waals surface area contributed by atoms with Crippen molar-refractivity contribution in [1.82, 2.24) is 0 Å². The van der Waals surface area contributed by atoms with E-state index in [9.17, 15) is 9.59 Å². The third-order valence-corrected chi connectivity index (χ3v) is 7.09. The zero-order chi connectivity index (χ0) is 34.9. The van der Waals surface area contributed by atoms with Crippen molar-refractivity contribution in [2.45, 2.75) is 58.3 Å². The first-order valence-corrected chi connectivity index (χ1v) is 16.7. The molecule has 0 aliphatic heterocycles. The Morgan fingerprint density at radius 1 is 0.612 bits per heavy atom. The Morgan fingerprint density at radius 3 is 1.76 bits per heavy atom. The number of unbranched alkanes of at least 4 members (excludes halogenated alkanes) is 6. The van der Waals surface area contributed by atoms with E-state index >= 15 is 0 Å². The van der Waals surface area contributed by atoms with Gasteiger partial charge in [-0.2, -0.15) is 0 Å². The molecule has 0 heterocycles. The van der Waals surface area contributed by atoms with Gasteiger partial charge in [0.1, 0.15) is 35.4 Å². The molecule has 0 bridgehead atoms. The third kappa shape index (κ3) is 16.2. The Kier molecular flexibility index (Phi) is 18.5. The van der Waals surface area contributed by atoms with Gasteiger partial charge in [0.2, 0.25) is 6.79 Å². The van der Waals surface area contributed by atoms with Gasteiger partial charge < -0.3 is 28.4 Å². The molecule has 0 unspecified atom stereocenters. The third-order valence-electron chi connectivity index (χ3n) is 7.09. The Balaban J connectivity index is 1.28. The second-order valence-electron chi connectivity index (χ2n) is 11.0. The maximum atomic E-state index is 12.7. The highest BCUT2D eigenvalue weighted by Gasteiger charge is 2.11. The molecule has 0 fully saturated rings. The molecule has 49 heavy (non-hydrogen) atoms. The first-order valence-electron chi connectivity index (χ1n) is 16.7. The summed E-state index contributed by atoms with van der Waals surface area (Å²) in [7, 11) is 0. The number of esters is 2. The number of benzene rings is 3. The van der Waals surface area contributed by atoms with E-state index in [4.69, 9.17) is 38.2 Å². The maximum Gasteiger partial charge on any atom is 0.343 e. The Bertz CT molecular complexity index is 1400. The molecule has 0 spiro atoms. The standard InChI is InChI=1S/C39H48O10/c1-4-24-47-48-28-13-9-8-11-26-43-34-18-20-35(21-19-34)45-30-46-37-23-22-36(29-31(37)3)49-39(41)32-14-16-33(17-15-32)42-25-10-6-7-12-27-44-38(40)5-2/h4-5,14-23,29H,1-2,6-13,24-28,30H2,3H3. The number of carbonyl (C=O) groups excluding carboxylic acids is 2. The summed E-state index contributed by atoms with van der Waals surface area (Å²) in [5.41, 5.74) is 1.21. The van der Waals surface area contributed by atoms with Crippen molar-refractivity contribution in [3.05, 3.63) is 103 Å². The Morgan fingerprint density at radius 2 is 1.16 bits per heavy atom. The lowest BCUT2D eigenvalue weighted by molar-refractivity contribution is -0.286. The lowest BCUT2D eigenvalue weighted by atomic mass is 10.2. The second-order valence-corrected chi connectivity index (χ2v) is 11.0. The summed E-state index contributed by atoms with van der Waals surface area (Å²) in [6.07, 6.45) is 10.4. The molecular weight excluding hydrogens is 628 g/mol. The highest BCUT2D eigenvalue weighted by molar-refractivity contribution is 5.91. The van der Waals surface area contributed by atoms with Gasteiger partial charge in [-0.3, -0.25) is 0 Å². The second kappa shape index (κ2) is 23.5. The van der Waals surface area contributed by atoms with Crippen LogP contribution in [0.2, 0.25) is 0 Å². The van der Waals surface area contributed by atoms with E-state index in [1.807, 2.05) is 31.2 Å². The summed E-state index contributed by atoms with van der Waals surface area (Å²) in [6, 6.07) is 19.4. The number of rotatable bonds is 26. The van der Waals surface area contributed by atoms with Gasteiger partial charge in [-0.1, -0.05) is 19.1 Å². The lowest BCUT2D eigenvalue weighted by Crippen LogP contribution is -2.09. The van der Waals surface area contributed by atoms with Gasteiger partial charge in [0.25, 0.3) is 0 Å². The van der Waals surface area contributed by atoms with Crippen LogP contribution in [0.4, 0.5) is 0 Å². The molecule has 0 aromatic heterocycles. The van der Waals surface area contributed by atoms with Gasteiger partial charge in [0.15, 0.2) is 0 Å². The minimum Gasteiger partial charge on any atom is -0.494 e. The summed E-state index contributed by atoms with van der Waals surface area (Å²) < 4.78 is 33.6. The molecule has 0 amide bonds. The zero-order valence-electron chi connectivity index (χ0n) is 28.4. The normalized spacial score (nSPS) is 10.6. The van der Waals surface area contributed by atoms with Crippen LogP contribution >= 0.6 is 0 Å². The van der Waals surface area contributed by atoms with Crippen molar-refractivity contribution in [3.63, 3.8) is 0 Å². The van der Waals surface area contributed by atoms with E-state index in [1.165, 1.54) is 0 Å². The van der Waals surface area contributed by atoms with Crippen LogP contribution in [0.5, 0.6) is 28.7 Å². The van der Waals surface area contributed by atoms with Crippen molar-refractivity contribution in [3.8, 4) is 28.7 Å². The average molecular weight is 677 g/mol. The van der Waals surface area contributed by atoms with Gasteiger partial charge in [0, 0.05) is 6.08 Å². The molecule has 0 radical (unpaired) electrons. The molecule has 3 aromatic rings. The van der Waals surface area contributed by atoms with Crippen molar-refractivity contribution >= 4 is 11.9 Å². The van der Waals surface area contributed by atoms with Crippen LogP contribution in [0.25, 0.3) is 0 Å². The number of hydrogen-bond acceptors (Lipinski definition) is 10. The average Bonchev–Trinajstić information content (AvgIpc) is 3.11. The molecule has 10 nitrogen and oxygen atoms in total. The van der Waals surface area contributed by atoms with E-state index in [0.717, 1.165) is 68.8 Å². The SMILES string of the molecule is C=CCOOCCCCCCOc1ccc(OCOc2ccc(OC(=O)c3ccc(OCCCCCCOC(=O)C=C)cc3)cc2C)cc1. The molecule has 3 aromatic carbocycles. The molecule has 0 saturated heterocycles. The van der Waals surface area contributed by atoms with Crippen LogP contribution in [-0.4, -0.2) is 51.8 Å². The fourth-order valence-electron chi connectivity index (χ4n) is 4.43. The molecule has 0 atom stereocenters. The van der Waals surface area contributed by atoms with Crippen LogP contribution in [-0.2, 0) is 19.3 Å². The summed E-state index contributed by atoms with van der Waals surface area (Å²) in [5.74, 6) is 2.28. The first kappa shape index (κ1) is 38.6. The monoisotopic (exact) mass is 676 g/mol. The van der Waals surface area contributed by atoms with Crippen LogP contribution < -0.4 is 23.7 Å². The lowest BCUT2D eigenvalue weighted by Gasteiger charge is -2.12. The Labute approximate surface area is 289 Å². The minimum absolute atomic E-state index is 0.0180. The molecule has 0 aliphatic carbocycles. The molecular formula is C39H48O10. The Hall–Kier alpha value is -4.80. The van der Waals surface area contributed by atoms with Gasteiger partial charge >= 0.3 is 11.9 Å². The van der Waals surface area contributed by atoms with Crippen LogP contribution in [0.15, 0.2) is 92.0 Å². The van der Waals surface area contributed by atoms with Gasteiger partial charge in [0.05, 0.1) is 32.0 Å². The van der Waals surface area contributed by atoms with E-state index in [0.29, 0.717) is 61.6 Å². The highest BCUT2D eigenvalue weighted by Crippen LogP contribution is 2.25. The van der Waals surface area contributed by atoms with E-state index < -0.39 is 11.9 Å². The molecule has 264 valence electrons. The number of hydrogen-bond donors (Lipinski definition) is 0. The number of carbonyl (C=O) groups is 2. The molecule has 10 heteroatoms. The van der Waals surface area contributed by atoms with Crippen LogP contribution in [0.3, 0.4) is 0 Å². The largest absolute Gasteiger partial charge is 0.494 e. The van der Waals surface area contributed by atoms with E-state index in [2.05, 4.69) is 13.2 Å². The van der Waals surface area contributed by atoms with Crippen molar-refractivity contribution < 1.29 is 47.8 Å². The van der Waals surface area contributed by atoms with E-state index in [1.54, 1.807) is 48.5 Å². The van der Waals surface area contributed by atoms with Gasteiger partial charge in [-0.05, 0) is 124 Å². The summed E-state index contributed by atoms with van der Waals surface area (Å²) in [5, 5.41) is 0. The van der Waals surface area contributed by atoms with E-state index in [-0.39, 0.29) is 6.79 Å². The number of aryl methyl sites for hydroxylation is 1. The topological polar surface area (TPSA) is 108 Å². The fraction of sp³-hybridized carbons (Fsp3) is 0.385. The molecule has 0 aliphatic rings. The number of ether oxygens (including phenoxy) is 6. The summed E-state index contributed by atoms with van der Waals surface area (Å²) in [4.78, 5) is 33.6. The quantitative estimate of drug-likeness (QED) is 0.0120. The van der Waals surface area contributed by atoms with Crippen molar-refractivity contribution in [1.29, 1.82) is 0 Å². The maximum absolute atomic E-state index is 12.7. The van der Waals surface area contributed by atoms with Gasteiger partial charge in [-0.15, -0.1) is 6.58 Å². The van der Waals surface area contributed by atoms with Gasteiger partial charge in [-0.25, -0.2) is 19.4 Å². The zero-order valence-corrected chi connectivity index (χ0v) is 28.4.